The van der Waals surface area contributed by atoms with Gasteiger partial charge in [-0.2, -0.15) is 0 Å². The molecule has 0 aliphatic rings. The van der Waals surface area contributed by atoms with Gasteiger partial charge in [0.25, 0.3) is 5.56 Å². The first-order chi connectivity index (χ1) is 12.2. The van der Waals surface area contributed by atoms with Crippen LogP contribution in [0.2, 0.25) is 0 Å². The molecule has 2 heterocycles. The van der Waals surface area contributed by atoms with Crippen LogP contribution in [0.1, 0.15) is 0 Å². The standard InChI is InChI=1S/C19H16N2O3S/c22-15(10-21-12-20-18-17(19(21)23)7-8-25-18)11-24-16-6-5-13-3-1-2-4-14(13)9-16/h1-9,12,15,22H,10-11H2/t15-/m1/s1. The van der Waals surface area contributed by atoms with Crippen molar-refractivity contribution in [2.45, 2.75) is 12.6 Å². The molecule has 0 saturated heterocycles. The summed E-state index contributed by atoms with van der Waals surface area (Å²) in [7, 11) is 0. The maximum atomic E-state index is 12.3. The number of benzene rings is 2. The van der Waals surface area contributed by atoms with E-state index in [1.165, 1.54) is 22.2 Å². The molecule has 0 saturated carbocycles. The highest BCUT2D eigenvalue weighted by Gasteiger charge is 2.11. The number of thiophene rings is 1. The molecule has 2 aromatic heterocycles. The monoisotopic (exact) mass is 352 g/mol. The van der Waals surface area contributed by atoms with Crippen LogP contribution in [-0.4, -0.2) is 27.4 Å². The van der Waals surface area contributed by atoms with Crippen LogP contribution in [-0.2, 0) is 6.54 Å². The average molecular weight is 352 g/mol. The molecule has 1 N–H and O–H groups in total. The molecule has 1 atom stereocenters. The number of aliphatic hydroxyl groups excluding tert-OH is 1. The van der Waals surface area contributed by atoms with E-state index in [0.717, 1.165) is 10.8 Å². The van der Waals surface area contributed by atoms with Gasteiger partial charge in [-0.3, -0.25) is 9.36 Å². The van der Waals surface area contributed by atoms with Gasteiger partial charge in [-0.1, -0.05) is 30.3 Å². The van der Waals surface area contributed by atoms with Gasteiger partial charge in [0.15, 0.2) is 0 Å². The number of ether oxygens (including phenoxy) is 1. The molecule has 0 unspecified atom stereocenters. The fraction of sp³-hybridized carbons (Fsp3) is 0.158. The van der Waals surface area contributed by atoms with Gasteiger partial charge in [-0.15, -0.1) is 11.3 Å². The second-order valence-corrected chi connectivity index (χ2v) is 6.71. The van der Waals surface area contributed by atoms with Crippen molar-refractivity contribution in [2.24, 2.45) is 0 Å². The number of aliphatic hydroxyl groups is 1. The highest BCUT2D eigenvalue weighted by molar-refractivity contribution is 7.16. The second kappa shape index (κ2) is 6.66. The molecule has 0 aliphatic carbocycles. The Morgan fingerprint density at radius 1 is 1.16 bits per heavy atom. The largest absolute Gasteiger partial charge is 0.491 e. The number of hydrogen-bond donors (Lipinski definition) is 1. The minimum Gasteiger partial charge on any atom is -0.491 e. The Balaban J connectivity index is 1.44. The Morgan fingerprint density at radius 3 is 2.88 bits per heavy atom. The maximum absolute atomic E-state index is 12.3. The summed E-state index contributed by atoms with van der Waals surface area (Å²) in [6.07, 6.45) is 0.669. The average Bonchev–Trinajstić information content (AvgIpc) is 3.12. The van der Waals surface area contributed by atoms with Gasteiger partial charge in [-0.05, 0) is 34.4 Å². The molecule has 6 heteroatoms. The molecule has 0 radical (unpaired) electrons. The highest BCUT2D eigenvalue weighted by atomic mass is 32.1. The Bertz CT molecular complexity index is 1090. The van der Waals surface area contributed by atoms with E-state index in [-0.39, 0.29) is 18.7 Å². The van der Waals surface area contributed by atoms with Crippen molar-refractivity contribution in [3.63, 3.8) is 0 Å². The third-order valence-electron chi connectivity index (χ3n) is 4.02. The first-order valence-electron chi connectivity index (χ1n) is 7.93. The fourth-order valence-electron chi connectivity index (χ4n) is 2.75. The topological polar surface area (TPSA) is 64.4 Å². The lowest BCUT2D eigenvalue weighted by molar-refractivity contribution is 0.0915. The van der Waals surface area contributed by atoms with Gasteiger partial charge >= 0.3 is 0 Å². The highest BCUT2D eigenvalue weighted by Crippen LogP contribution is 2.20. The van der Waals surface area contributed by atoms with Gasteiger partial charge in [-0.25, -0.2) is 4.98 Å². The zero-order valence-electron chi connectivity index (χ0n) is 13.3. The molecular formula is C19H16N2O3S. The molecule has 25 heavy (non-hydrogen) atoms. The Hall–Kier alpha value is -2.70. The molecule has 2 aromatic carbocycles. The predicted molar refractivity (Wildman–Crippen MR) is 99.3 cm³/mol. The minimum absolute atomic E-state index is 0.104. The number of fused-ring (bicyclic) bond motifs is 2. The van der Waals surface area contributed by atoms with Crippen LogP contribution in [0, 0.1) is 0 Å². The zero-order valence-corrected chi connectivity index (χ0v) is 14.1. The lowest BCUT2D eigenvalue weighted by Gasteiger charge is -2.14. The summed E-state index contributed by atoms with van der Waals surface area (Å²) in [5.41, 5.74) is -0.143. The molecule has 0 fully saturated rings. The van der Waals surface area contributed by atoms with Crippen molar-refractivity contribution in [1.82, 2.24) is 9.55 Å². The Labute approximate surface area is 147 Å². The summed E-state index contributed by atoms with van der Waals surface area (Å²) in [5.74, 6) is 0.691. The quantitative estimate of drug-likeness (QED) is 0.600. The van der Waals surface area contributed by atoms with E-state index in [1.807, 2.05) is 47.8 Å². The molecule has 5 nitrogen and oxygen atoms in total. The first-order valence-corrected chi connectivity index (χ1v) is 8.81. The molecule has 0 bridgehead atoms. The number of nitrogens with zero attached hydrogens (tertiary/aromatic N) is 2. The molecule has 0 aliphatic heterocycles. The van der Waals surface area contributed by atoms with E-state index in [9.17, 15) is 9.90 Å². The first kappa shape index (κ1) is 15.8. The summed E-state index contributed by atoms with van der Waals surface area (Å²) in [5, 5.41) is 14.8. The number of aromatic nitrogens is 2. The van der Waals surface area contributed by atoms with Crippen LogP contribution in [0.25, 0.3) is 21.0 Å². The van der Waals surface area contributed by atoms with Crippen molar-refractivity contribution in [2.75, 3.05) is 6.61 Å². The van der Waals surface area contributed by atoms with Gasteiger partial charge in [0.05, 0.1) is 18.3 Å². The smallest absolute Gasteiger partial charge is 0.262 e. The molecule has 0 spiro atoms. The van der Waals surface area contributed by atoms with Crippen LogP contribution in [0.15, 0.2) is 65.0 Å². The van der Waals surface area contributed by atoms with E-state index in [0.29, 0.717) is 16.0 Å². The van der Waals surface area contributed by atoms with E-state index in [4.69, 9.17) is 4.74 Å². The lowest BCUT2D eigenvalue weighted by Crippen LogP contribution is -2.30. The summed E-state index contributed by atoms with van der Waals surface area (Å²) in [4.78, 5) is 17.3. The van der Waals surface area contributed by atoms with Gasteiger partial charge in [0, 0.05) is 0 Å². The third kappa shape index (κ3) is 3.26. The second-order valence-electron chi connectivity index (χ2n) is 5.82. The third-order valence-corrected chi connectivity index (χ3v) is 4.84. The minimum atomic E-state index is -0.804. The van der Waals surface area contributed by atoms with Gasteiger partial charge < -0.3 is 9.84 Å². The molecule has 0 amide bonds. The lowest BCUT2D eigenvalue weighted by atomic mass is 10.1. The maximum Gasteiger partial charge on any atom is 0.262 e. The number of hydrogen-bond acceptors (Lipinski definition) is 5. The van der Waals surface area contributed by atoms with Crippen LogP contribution in [0.5, 0.6) is 5.75 Å². The molecule has 4 rings (SSSR count). The zero-order chi connectivity index (χ0) is 17.2. The fourth-order valence-corrected chi connectivity index (χ4v) is 3.48. The van der Waals surface area contributed by atoms with Crippen LogP contribution >= 0.6 is 11.3 Å². The van der Waals surface area contributed by atoms with Crippen molar-refractivity contribution in [3.05, 3.63) is 70.6 Å². The predicted octanol–water partition coefficient (Wildman–Crippen LogP) is 3.05. The summed E-state index contributed by atoms with van der Waals surface area (Å²) in [6.45, 7) is 0.248. The van der Waals surface area contributed by atoms with Gasteiger partial charge in [0.2, 0.25) is 0 Å². The van der Waals surface area contributed by atoms with Crippen molar-refractivity contribution < 1.29 is 9.84 Å². The van der Waals surface area contributed by atoms with E-state index >= 15 is 0 Å². The summed E-state index contributed by atoms with van der Waals surface area (Å²) in [6, 6.07) is 15.6. The van der Waals surface area contributed by atoms with Crippen LogP contribution in [0.4, 0.5) is 0 Å². The van der Waals surface area contributed by atoms with E-state index < -0.39 is 6.10 Å². The van der Waals surface area contributed by atoms with Crippen molar-refractivity contribution in [1.29, 1.82) is 0 Å². The number of rotatable bonds is 5. The SMILES string of the molecule is O=c1c2ccsc2ncn1C[C@@H](O)COc1ccc2ccccc2c1. The summed E-state index contributed by atoms with van der Waals surface area (Å²) >= 11 is 1.43. The van der Waals surface area contributed by atoms with Crippen molar-refractivity contribution in [3.8, 4) is 5.75 Å². The van der Waals surface area contributed by atoms with Crippen LogP contribution in [0.3, 0.4) is 0 Å². The van der Waals surface area contributed by atoms with E-state index in [1.54, 1.807) is 6.07 Å². The normalized spacial score (nSPS) is 12.5. The molecule has 126 valence electrons. The van der Waals surface area contributed by atoms with Crippen LogP contribution < -0.4 is 10.3 Å². The molecular weight excluding hydrogens is 336 g/mol. The Morgan fingerprint density at radius 2 is 2.00 bits per heavy atom. The van der Waals surface area contributed by atoms with E-state index in [2.05, 4.69) is 4.98 Å². The molecule has 4 aromatic rings. The van der Waals surface area contributed by atoms with Crippen molar-refractivity contribution >= 4 is 32.3 Å². The summed E-state index contributed by atoms with van der Waals surface area (Å²) < 4.78 is 7.10. The Kier molecular flexibility index (Phi) is 4.21. The van der Waals surface area contributed by atoms with Gasteiger partial charge in [0.1, 0.15) is 23.3 Å².